The Balaban J connectivity index is 1.76. The molecule has 26 heavy (non-hydrogen) atoms. The van der Waals surface area contributed by atoms with Crippen molar-refractivity contribution in [1.82, 2.24) is 14.5 Å². The maximum Gasteiger partial charge on any atom is 0.271 e. The number of hydrogen-bond acceptors (Lipinski definition) is 4. The van der Waals surface area contributed by atoms with Gasteiger partial charge < -0.3 is 4.90 Å². The quantitative estimate of drug-likeness (QED) is 0.736. The fraction of sp³-hybridized carbons (Fsp3) is 0.263. The first kappa shape index (κ1) is 17.7. The summed E-state index contributed by atoms with van der Waals surface area (Å²) in [4.78, 5) is 20.6. The highest BCUT2D eigenvalue weighted by molar-refractivity contribution is 8.00. The molecule has 0 N–H and O–H groups in total. The summed E-state index contributed by atoms with van der Waals surface area (Å²) < 4.78 is 1.53. The first-order valence-electron chi connectivity index (χ1n) is 8.24. The van der Waals surface area contributed by atoms with Crippen molar-refractivity contribution in [3.05, 3.63) is 74.5 Å². The molecule has 1 aromatic carbocycles. The molecule has 0 saturated carbocycles. The molecule has 4 nitrogen and oxygen atoms in total. The lowest BCUT2D eigenvalue weighted by atomic mass is 9.96. The van der Waals surface area contributed by atoms with Crippen molar-refractivity contribution in [3.63, 3.8) is 0 Å². The molecule has 0 amide bonds. The molecule has 4 rings (SSSR count). The second-order valence-corrected chi connectivity index (χ2v) is 8.57. The van der Waals surface area contributed by atoms with E-state index in [1.54, 1.807) is 36.3 Å². The molecule has 0 saturated heterocycles. The third-order valence-electron chi connectivity index (χ3n) is 4.73. The van der Waals surface area contributed by atoms with Crippen LogP contribution in [0.25, 0.3) is 5.69 Å². The molecule has 0 radical (unpaired) electrons. The van der Waals surface area contributed by atoms with E-state index >= 15 is 0 Å². The van der Waals surface area contributed by atoms with Crippen molar-refractivity contribution < 1.29 is 0 Å². The number of nitrogens with zero attached hydrogens (tertiary/aromatic N) is 3. The van der Waals surface area contributed by atoms with Crippen LogP contribution in [0.5, 0.6) is 0 Å². The van der Waals surface area contributed by atoms with Crippen molar-refractivity contribution >= 4 is 35.0 Å². The van der Waals surface area contributed by atoms with Gasteiger partial charge >= 0.3 is 0 Å². The molecule has 1 aliphatic carbocycles. The van der Waals surface area contributed by atoms with Gasteiger partial charge in [-0.3, -0.25) is 9.36 Å². The zero-order chi connectivity index (χ0) is 18.4. The molecule has 7 heteroatoms. The van der Waals surface area contributed by atoms with Crippen LogP contribution in [0.3, 0.4) is 0 Å². The molecule has 134 valence electrons. The molecule has 0 bridgehead atoms. The number of benzene rings is 1. The Morgan fingerprint density at radius 1 is 1.27 bits per heavy atom. The fourth-order valence-electron chi connectivity index (χ4n) is 3.30. The van der Waals surface area contributed by atoms with Crippen LogP contribution in [-0.2, 0) is 0 Å². The monoisotopic (exact) mass is 405 g/mol. The first-order valence-corrected chi connectivity index (χ1v) is 9.87. The highest BCUT2D eigenvalue weighted by atomic mass is 35.5. The Morgan fingerprint density at radius 2 is 2.08 bits per heavy atom. The van der Waals surface area contributed by atoms with Crippen LogP contribution >= 0.6 is 35.0 Å². The minimum Gasteiger partial charge on any atom is -0.381 e. The molecule has 2 aromatic rings. The maximum absolute atomic E-state index is 13.1. The molecule has 2 atom stereocenters. The molecule has 2 heterocycles. The van der Waals surface area contributed by atoms with Gasteiger partial charge in [-0.05, 0) is 30.7 Å². The molecule has 2 unspecified atom stereocenters. The Labute approximate surface area is 166 Å². The van der Waals surface area contributed by atoms with E-state index in [-0.39, 0.29) is 16.7 Å². The summed E-state index contributed by atoms with van der Waals surface area (Å²) >= 11 is 13.7. The molecule has 0 spiro atoms. The number of hydrogen-bond donors (Lipinski definition) is 0. The van der Waals surface area contributed by atoms with E-state index in [9.17, 15) is 4.79 Å². The molecular formula is C19H17Cl2N3OS. The van der Waals surface area contributed by atoms with Gasteiger partial charge in [0.15, 0.2) is 0 Å². The lowest BCUT2D eigenvalue weighted by Gasteiger charge is -2.21. The van der Waals surface area contributed by atoms with Gasteiger partial charge in [-0.1, -0.05) is 35.4 Å². The fourth-order valence-corrected chi connectivity index (χ4v) is 4.95. The van der Waals surface area contributed by atoms with Crippen LogP contribution in [0.15, 0.2) is 58.1 Å². The number of thioether (sulfide) groups is 1. The van der Waals surface area contributed by atoms with Gasteiger partial charge in [0, 0.05) is 31.0 Å². The zero-order valence-corrected chi connectivity index (χ0v) is 16.6. The van der Waals surface area contributed by atoms with Gasteiger partial charge in [0.1, 0.15) is 6.33 Å². The van der Waals surface area contributed by atoms with E-state index < -0.39 is 0 Å². The zero-order valence-electron chi connectivity index (χ0n) is 14.3. The normalized spacial score (nSPS) is 21.0. The Kier molecular flexibility index (Phi) is 4.63. The summed E-state index contributed by atoms with van der Waals surface area (Å²) in [5.41, 5.74) is 2.73. The summed E-state index contributed by atoms with van der Waals surface area (Å²) in [5, 5.41) is 1.10. The topological polar surface area (TPSA) is 38.1 Å². The van der Waals surface area contributed by atoms with E-state index in [4.69, 9.17) is 23.2 Å². The second-order valence-electron chi connectivity index (χ2n) is 6.56. The number of allylic oxidation sites excluding steroid dienone is 3. The van der Waals surface area contributed by atoms with E-state index in [1.807, 2.05) is 14.1 Å². The Morgan fingerprint density at radius 3 is 2.81 bits per heavy atom. The average molecular weight is 406 g/mol. The van der Waals surface area contributed by atoms with E-state index in [2.05, 4.69) is 28.1 Å². The first-order chi connectivity index (χ1) is 12.5. The van der Waals surface area contributed by atoms with Crippen molar-refractivity contribution in [2.45, 2.75) is 22.5 Å². The molecule has 2 aliphatic rings. The van der Waals surface area contributed by atoms with Crippen LogP contribution in [0.2, 0.25) is 10.0 Å². The molecular weight excluding hydrogens is 389 g/mol. The van der Waals surface area contributed by atoms with Crippen LogP contribution in [0.4, 0.5) is 0 Å². The minimum absolute atomic E-state index is 0.0600. The van der Waals surface area contributed by atoms with Crippen LogP contribution in [0.1, 0.15) is 18.0 Å². The number of rotatable bonds is 2. The van der Waals surface area contributed by atoms with Crippen LogP contribution < -0.4 is 5.56 Å². The molecule has 1 aliphatic heterocycles. The predicted molar refractivity (Wildman–Crippen MR) is 108 cm³/mol. The maximum atomic E-state index is 13.1. The molecule has 0 fully saturated rings. The van der Waals surface area contributed by atoms with Crippen LogP contribution in [-0.4, -0.2) is 33.8 Å². The van der Waals surface area contributed by atoms with Gasteiger partial charge in [-0.25, -0.2) is 4.98 Å². The summed E-state index contributed by atoms with van der Waals surface area (Å²) in [6, 6.07) is 5.14. The predicted octanol–water partition coefficient (Wildman–Crippen LogP) is 4.50. The Bertz CT molecular complexity index is 997. The summed E-state index contributed by atoms with van der Waals surface area (Å²) in [7, 11) is 4.08. The number of halogens is 2. The van der Waals surface area contributed by atoms with Gasteiger partial charge in [-0.2, -0.15) is 0 Å². The third-order valence-corrected chi connectivity index (χ3v) is 6.85. The number of aromatic nitrogens is 2. The highest BCUT2D eigenvalue weighted by Crippen LogP contribution is 2.47. The standard InChI is InChI=1S/C19H17Cl2N3OS/c1-23(2)11-4-3-5-16-13(8-11)17-18(26-16)19(25)24(10-22-17)12-6-7-14(20)15(21)9-12/h3-7,9-10,13,16H,8H2,1-2H3. The van der Waals surface area contributed by atoms with Crippen molar-refractivity contribution in [3.8, 4) is 5.69 Å². The van der Waals surface area contributed by atoms with Gasteiger partial charge in [0.2, 0.25) is 0 Å². The largest absolute Gasteiger partial charge is 0.381 e. The summed E-state index contributed by atoms with van der Waals surface area (Å²) in [6.07, 6.45) is 8.84. The lowest BCUT2D eigenvalue weighted by molar-refractivity contribution is 0.467. The highest BCUT2D eigenvalue weighted by Gasteiger charge is 2.37. The van der Waals surface area contributed by atoms with Crippen molar-refractivity contribution in [2.75, 3.05) is 14.1 Å². The average Bonchev–Trinajstić information content (AvgIpc) is 2.82. The molecule has 1 aromatic heterocycles. The SMILES string of the molecule is CN(C)C1=CC=CC2Sc3c(ncn(-c4ccc(Cl)c(Cl)c4)c3=O)C2C1. The Hall–Kier alpha value is -1.69. The number of fused-ring (bicyclic) bond motifs is 3. The van der Waals surface area contributed by atoms with Gasteiger partial charge in [0.05, 0.1) is 26.3 Å². The third kappa shape index (κ3) is 2.98. The smallest absolute Gasteiger partial charge is 0.271 e. The summed E-state index contributed by atoms with van der Waals surface area (Å²) in [5.74, 6) is 0.207. The summed E-state index contributed by atoms with van der Waals surface area (Å²) in [6.45, 7) is 0. The second kappa shape index (κ2) is 6.80. The van der Waals surface area contributed by atoms with E-state index in [1.165, 1.54) is 10.3 Å². The van der Waals surface area contributed by atoms with Crippen LogP contribution in [0, 0.1) is 0 Å². The van der Waals surface area contributed by atoms with Crippen molar-refractivity contribution in [2.24, 2.45) is 0 Å². The minimum atomic E-state index is -0.0600. The van der Waals surface area contributed by atoms with E-state index in [0.717, 1.165) is 17.0 Å². The van der Waals surface area contributed by atoms with E-state index in [0.29, 0.717) is 15.7 Å². The van der Waals surface area contributed by atoms with Gasteiger partial charge in [0.25, 0.3) is 5.56 Å². The lowest BCUT2D eigenvalue weighted by Crippen LogP contribution is -2.22. The van der Waals surface area contributed by atoms with Gasteiger partial charge in [-0.15, -0.1) is 11.8 Å². The van der Waals surface area contributed by atoms with Crippen molar-refractivity contribution in [1.29, 1.82) is 0 Å².